The zero-order valence-corrected chi connectivity index (χ0v) is 14.4. The molecular formula is C17H30N2OS. The van der Waals surface area contributed by atoms with Gasteiger partial charge in [-0.25, -0.2) is 0 Å². The second-order valence-corrected chi connectivity index (χ2v) is 7.25. The first-order chi connectivity index (χ1) is 10.3. The molecule has 1 atom stereocenters. The van der Waals surface area contributed by atoms with Crippen LogP contribution in [0.4, 0.5) is 0 Å². The molecule has 1 fully saturated rings. The summed E-state index contributed by atoms with van der Waals surface area (Å²) in [5.74, 6) is 0. The van der Waals surface area contributed by atoms with E-state index < -0.39 is 0 Å². The van der Waals surface area contributed by atoms with Crippen molar-refractivity contribution in [1.82, 2.24) is 10.2 Å². The van der Waals surface area contributed by atoms with Gasteiger partial charge in [-0.2, -0.15) is 0 Å². The molecule has 0 amide bonds. The number of thiophene rings is 1. The zero-order chi connectivity index (χ0) is 15.0. The fourth-order valence-corrected chi connectivity index (χ4v) is 3.88. The summed E-state index contributed by atoms with van der Waals surface area (Å²) in [6.45, 7) is 11.9. The predicted molar refractivity (Wildman–Crippen MR) is 90.9 cm³/mol. The van der Waals surface area contributed by atoms with Crippen molar-refractivity contribution in [2.75, 3.05) is 39.4 Å². The smallest absolute Gasteiger partial charge is 0.0546 e. The van der Waals surface area contributed by atoms with Crippen molar-refractivity contribution in [3.05, 3.63) is 22.4 Å². The van der Waals surface area contributed by atoms with Gasteiger partial charge in [0.2, 0.25) is 0 Å². The van der Waals surface area contributed by atoms with Crippen LogP contribution < -0.4 is 5.32 Å². The summed E-state index contributed by atoms with van der Waals surface area (Å²) in [4.78, 5) is 4.04. The summed E-state index contributed by atoms with van der Waals surface area (Å²) in [7, 11) is 0. The Bertz CT molecular complexity index is 374. The van der Waals surface area contributed by atoms with Gasteiger partial charge in [0.25, 0.3) is 0 Å². The van der Waals surface area contributed by atoms with E-state index >= 15 is 0 Å². The molecule has 4 heteroatoms. The van der Waals surface area contributed by atoms with Crippen molar-refractivity contribution in [2.24, 2.45) is 5.41 Å². The molecule has 1 aromatic heterocycles. The minimum Gasteiger partial charge on any atom is -0.381 e. The third kappa shape index (κ3) is 5.37. The van der Waals surface area contributed by atoms with Gasteiger partial charge in [-0.15, -0.1) is 11.3 Å². The molecule has 0 spiro atoms. The highest BCUT2D eigenvalue weighted by Crippen LogP contribution is 2.30. The first-order valence-electron chi connectivity index (χ1n) is 8.31. The maximum absolute atomic E-state index is 5.83. The topological polar surface area (TPSA) is 24.5 Å². The van der Waals surface area contributed by atoms with E-state index in [0.29, 0.717) is 5.41 Å². The molecule has 120 valence electrons. The maximum Gasteiger partial charge on any atom is 0.0546 e. The van der Waals surface area contributed by atoms with Gasteiger partial charge in [-0.05, 0) is 43.8 Å². The molecular weight excluding hydrogens is 280 g/mol. The molecule has 3 nitrogen and oxygen atoms in total. The molecule has 1 N–H and O–H groups in total. The Kier molecular flexibility index (Phi) is 7.17. The minimum atomic E-state index is 0.292. The van der Waals surface area contributed by atoms with Crippen molar-refractivity contribution in [2.45, 2.75) is 39.7 Å². The third-order valence-corrected chi connectivity index (χ3v) is 5.16. The number of rotatable bonds is 9. The SMILES string of the molecule is CCCNCC1(CN(CC)Cc2cccs2)CCCOC1. The molecule has 21 heavy (non-hydrogen) atoms. The number of nitrogens with one attached hydrogen (secondary N) is 1. The molecule has 0 bridgehead atoms. The molecule has 1 aromatic rings. The summed E-state index contributed by atoms with van der Waals surface area (Å²) in [6.07, 6.45) is 3.68. The normalized spacial score (nSPS) is 22.8. The molecule has 0 radical (unpaired) electrons. The average Bonchev–Trinajstić information content (AvgIpc) is 3.01. The number of hydrogen-bond acceptors (Lipinski definition) is 4. The van der Waals surface area contributed by atoms with Crippen LogP contribution in [0.2, 0.25) is 0 Å². The first kappa shape index (κ1) is 16.9. The summed E-state index contributed by atoms with van der Waals surface area (Å²) < 4.78 is 5.83. The predicted octanol–water partition coefficient (Wildman–Crippen LogP) is 3.37. The maximum atomic E-state index is 5.83. The van der Waals surface area contributed by atoms with E-state index in [1.807, 2.05) is 11.3 Å². The molecule has 1 saturated heterocycles. The van der Waals surface area contributed by atoms with E-state index in [0.717, 1.165) is 45.9 Å². The Morgan fingerprint density at radius 2 is 2.33 bits per heavy atom. The Morgan fingerprint density at radius 3 is 2.95 bits per heavy atom. The van der Waals surface area contributed by atoms with E-state index in [-0.39, 0.29) is 0 Å². The van der Waals surface area contributed by atoms with Crippen LogP contribution in [0.25, 0.3) is 0 Å². The first-order valence-corrected chi connectivity index (χ1v) is 9.19. The fourth-order valence-electron chi connectivity index (χ4n) is 3.14. The molecule has 0 aliphatic carbocycles. The molecule has 1 unspecified atom stereocenters. The highest BCUT2D eigenvalue weighted by Gasteiger charge is 2.34. The van der Waals surface area contributed by atoms with Gasteiger partial charge in [0.05, 0.1) is 6.61 Å². The van der Waals surface area contributed by atoms with Crippen LogP contribution in [0.3, 0.4) is 0 Å². The standard InChI is InChI=1S/C17H30N2OS/c1-3-9-18-13-17(8-6-10-20-15-17)14-19(4-2)12-16-7-5-11-21-16/h5,7,11,18H,3-4,6,8-10,12-15H2,1-2H3. The zero-order valence-electron chi connectivity index (χ0n) is 13.6. The highest BCUT2D eigenvalue weighted by atomic mass is 32.1. The minimum absolute atomic E-state index is 0.292. The van der Waals surface area contributed by atoms with Crippen molar-refractivity contribution >= 4 is 11.3 Å². The van der Waals surface area contributed by atoms with Crippen LogP contribution >= 0.6 is 11.3 Å². The molecule has 2 rings (SSSR count). The number of nitrogens with zero attached hydrogens (tertiary/aromatic N) is 1. The van der Waals surface area contributed by atoms with Crippen LogP contribution in [0.15, 0.2) is 17.5 Å². The second-order valence-electron chi connectivity index (χ2n) is 6.22. The van der Waals surface area contributed by atoms with E-state index in [2.05, 4.69) is 41.6 Å². The van der Waals surface area contributed by atoms with Crippen molar-refractivity contribution in [3.8, 4) is 0 Å². The molecule has 0 saturated carbocycles. The second kappa shape index (κ2) is 8.89. The highest BCUT2D eigenvalue weighted by molar-refractivity contribution is 7.09. The monoisotopic (exact) mass is 310 g/mol. The summed E-state index contributed by atoms with van der Waals surface area (Å²) in [6, 6.07) is 4.39. The Labute approximate surface area is 133 Å². The number of ether oxygens (including phenoxy) is 1. The van der Waals surface area contributed by atoms with E-state index in [1.165, 1.54) is 24.1 Å². The van der Waals surface area contributed by atoms with Crippen molar-refractivity contribution < 1.29 is 4.74 Å². The van der Waals surface area contributed by atoms with Gasteiger partial charge in [-0.3, -0.25) is 4.90 Å². The van der Waals surface area contributed by atoms with Gasteiger partial charge in [0.1, 0.15) is 0 Å². The number of hydrogen-bond donors (Lipinski definition) is 1. The summed E-state index contributed by atoms with van der Waals surface area (Å²) >= 11 is 1.86. The lowest BCUT2D eigenvalue weighted by molar-refractivity contribution is -0.0265. The van der Waals surface area contributed by atoms with E-state index in [4.69, 9.17) is 4.74 Å². The Balaban J connectivity index is 1.94. The lowest BCUT2D eigenvalue weighted by Gasteiger charge is -2.41. The summed E-state index contributed by atoms with van der Waals surface area (Å²) in [5.41, 5.74) is 0.292. The quantitative estimate of drug-likeness (QED) is 0.708. The Morgan fingerprint density at radius 1 is 1.43 bits per heavy atom. The summed E-state index contributed by atoms with van der Waals surface area (Å²) in [5, 5.41) is 5.80. The Hall–Kier alpha value is -0.420. The van der Waals surface area contributed by atoms with Gasteiger partial charge in [-0.1, -0.05) is 19.9 Å². The molecule has 1 aliphatic rings. The van der Waals surface area contributed by atoms with Gasteiger partial charge < -0.3 is 10.1 Å². The third-order valence-electron chi connectivity index (χ3n) is 4.30. The van der Waals surface area contributed by atoms with Gasteiger partial charge in [0.15, 0.2) is 0 Å². The van der Waals surface area contributed by atoms with Crippen molar-refractivity contribution in [3.63, 3.8) is 0 Å². The lowest BCUT2D eigenvalue weighted by atomic mass is 9.81. The van der Waals surface area contributed by atoms with Crippen LogP contribution in [-0.4, -0.2) is 44.3 Å². The van der Waals surface area contributed by atoms with Crippen molar-refractivity contribution in [1.29, 1.82) is 0 Å². The van der Waals surface area contributed by atoms with Crippen LogP contribution in [0.1, 0.15) is 38.0 Å². The van der Waals surface area contributed by atoms with Crippen LogP contribution in [0.5, 0.6) is 0 Å². The van der Waals surface area contributed by atoms with E-state index in [1.54, 1.807) is 0 Å². The lowest BCUT2D eigenvalue weighted by Crippen LogP contribution is -2.49. The van der Waals surface area contributed by atoms with Gasteiger partial charge in [0, 0.05) is 36.5 Å². The van der Waals surface area contributed by atoms with Crippen LogP contribution in [0, 0.1) is 5.41 Å². The average molecular weight is 311 g/mol. The van der Waals surface area contributed by atoms with Crippen LogP contribution in [-0.2, 0) is 11.3 Å². The van der Waals surface area contributed by atoms with Gasteiger partial charge >= 0.3 is 0 Å². The van der Waals surface area contributed by atoms with E-state index in [9.17, 15) is 0 Å². The molecule has 0 aromatic carbocycles. The largest absolute Gasteiger partial charge is 0.381 e. The molecule has 1 aliphatic heterocycles. The fraction of sp³-hybridized carbons (Fsp3) is 0.765. The molecule has 2 heterocycles.